The summed E-state index contributed by atoms with van der Waals surface area (Å²) >= 11 is 0. The van der Waals surface area contributed by atoms with Crippen LogP contribution in [-0.4, -0.2) is 24.3 Å². The number of hydrogen-bond acceptors (Lipinski definition) is 2. The number of rotatable bonds is 2. The van der Waals surface area contributed by atoms with Crippen molar-refractivity contribution in [1.29, 1.82) is 0 Å². The Bertz CT molecular complexity index is 184. The van der Waals surface area contributed by atoms with Gasteiger partial charge < -0.3 is 9.84 Å². The molecule has 1 atom stereocenters. The third kappa shape index (κ3) is 2.05. The first-order valence-corrected chi connectivity index (χ1v) is 3.71. The fourth-order valence-electron chi connectivity index (χ4n) is 1.25. The number of ether oxygens (including phenoxy) is 1. The molecule has 0 heterocycles. The molecule has 0 aromatic carbocycles. The van der Waals surface area contributed by atoms with E-state index in [1.807, 2.05) is 0 Å². The summed E-state index contributed by atoms with van der Waals surface area (Å²) in [5.41, 5.74) is 0.489. The molecule has 0 bridgehead atoms. The van der Waals surface area contributed by atoms with Crippen LogP contribution in [0.2, 0.25) is 0 Å². The van der Waals surface area contributed by atoms with Gasteiger partial charge in [-0.3, -0.25) is 0 Å². The Balaban J connectivity index is 2.64. The fraction of sp³-hybridized carbons (Fsp3) is 0.625. The van der Waals surface area contributed by atoms with Crippen LogP contribution in [-0.2, 0) is 9.53 Å². The monoisotopic (exact) mass is 156 g/mol. The lowest BCUT2D eigenvalue weighted by Gasteiger charge is -2.17. The number of methoxy groups -OCH3 is 1. The first kappa shape index (κ1) is 8.27. The molecule has 0 amide bonds. The summed E-state index contributed by atoms with van der Waals surface area (Å²) in [5.74, 6) is -0.813. The van der Waals surface area contributed by atoms with Crippen LogP contribution < -0.4 is 0 Å². The topological polar surface area (TPSA) is 46.5 Å². The van der Waals surface area contributed by atoms with Crippen LogP contribution in [0.4, 0.5) is 0 Å². The zero-order chi connectivity index (χ0) is 8.27. The SMILES string of the molecule is COC1C=C(C(=O)O)CCC1. The van der Waals surface area contributed by atoms with E-state index in [4.69, 9.17) is 9.84 Å². The van der Waals surface area contributed by atoms with Crippen LogP contribution in [0, 0.1) is 0 Å². The van der Waals surface area contributed by atoms with Gasteiger partial charge in [-0.25, -0.2) is 4.79 Å². The van der Waals surface area contributed by atoms with E-state index in [1.165, 1.54) is 0 Å². The molecular formula is C8H12O3. The van der Waals surface area contributed by atoms with Crippen molar-refractivity contribution in [2.24, 2.45) is 0 Å². The summed E-state index contributed by atoms with van der Waals surface area (Å²) in [4.78, 5) is 10.5. The van der Waals surface area contributed by atoms with E-state index in [1.54, 1.807) is 13.2 Å². The Morgan fingerprint density at radius 3 is 3.09 bits per heavy atom. The lowest BCUT2D eigenvalue weighted by Crippen LogP contribution is -2.15. The van der Waals surface area contributed by atoms with E-state index in [-0.39, 0.29) is 6.10 Å². The average Bonchev–Trinajstić information content (AvgIpc) is 2.05. The number of carboxylic acid groups (broad SMARTS) is 1. The van der Waals surface area contributed by atoms with Crippen LogP contribution in [0.3, 0.4) is 0 Å². The summed E-state index contributed by atoms with van der Waals surface area (Å²) in [7, 11) is 1.60. The molecule has 1 rings (SSSR count). The molecule has 3 nitrogen and oxygen atoms in total. The lowest BCUT2D eigenvalue weighted by molar-refractivity contribution is -0.133. The molecule has 1 aliphatic carbocycles. The van der Waals surface area contributed by atoms with Crippen LogP contribution in [0.25, 0.3) is 0 Å². The van der Waals surface area contributed by atoms with Gasteiger partial charge in [0.25, 0.3) is 0 Å². The molecule has 11 heavy (non-hydrogen) atoms. The average molecular weight is 156 g/mol. The molecule has 1 aliphatic rings. The van der Waals surface area contributed by atoms with Gasteiger partial charge in [-0.05, 0) is 25.3 Å². The quantitative estimate of drug-likeness (QED) is 0.653. The van der Waals surface area contributed by atoms with E-state index in [0.717, 1.165) is 12.8 Å². The summed E-state index contributed by atoms with van der Waals surface area (Å²) < 4.78 is 5.03. The molecule has 1 N–H and O–H groups in total. The second-order valence-electron chi connectivity index (χ2n) is 2.66. The van der Waals surface area contributed by atoms with Crippen molar-refractivity contribution in [3.05, 3.63) is 11.6 Å². The van der Waals surface area contributed by atoms with Crippen LogP contribution >= 0.6 is 0 Å². The van der Waals surface area contributed by atoms with Gasteiger partial charge in [-0.15, -0.1) is 0 Å². The van der Waals surface area contributed by atoms with Crippen LogP contribution in [0.5, 0.6) is 0 Å². The van der Waals surface area contributed by atoms with Crippen molar-refractivity contribution in [2.75, 3.05) is 7.11 Å². The Hall–Kier alpha value is -0.830. The Morgan fingerprint density at radius 1 is 1.82 bits per heavy atom. The maximum Gasteiger partial charge on any atom is 0.331 e. The molecule has 0 aromatic heterocycles. The Kier molecular flexibility index (Phi) is 2.65. The van der Waals surface area contributed by atoms with Gasteiger partial charge in [-0.2, -0.15) is 0 Å². The number of carboxylic acids is 1. The zero-order valence-corrected chi connectivity index (χ0v) is 6.54. The first-order chi connectivity index (χ1) is 5.24. The van der Waals surface area contributed by atoms with Gasteiger partial charge in [-0.1, -0.05) is 0 Å². The van der Waals surface area contributed by atoms with Gasteiger partial charge in [0.2, 0.25) is 0 Å². The summed E-state index contributed by atoms with van der Waals surface area (Å²) in [5, 5.41) is 8.63. The van der Waals surface area contributed by atoms with Crippen molar-refractivity contribution in [1.82, 2.24) is 0 Å². The maximum atomic E-state index is 10.5. The predicted octanol–water partition coefficient (Wildman–Crippen LogP) is 1.20. The standard InChI is InChI=1S/C8H12O3/c1-11-7-4-2-3-6(5-7)8(9)10/h5,7H,2-4H2,1H3,(H,9,10). The number of hydrogen-bond donors (Lipinski definition) is 1. The molecule has 62 valence electrons. The van der Waals surface area contributed by atoms with Gasteiger partial charge in [0.05, 0.1) is 6.10 Å². The molecule has 1 unspecified atom stereocenters. The summed E-state index contributed by atoms with van der Waals surface area (Å²) in [6, 6.07) is 0. The van der Waals surface area contributed by atoms with Gasteiger partial charge in [0.1, 0.15) is 0 Å². The van der Waals surface area contributed by atoms with Crippen molar-refractivity contribution in [2.45, 2.75) is 25.4 Å². The Morgan fingerprint density at radius 2 is 2.55 bits per heavy atom. The summed E-state index contributed by atoms with van der Waals surface area (Å²) in [6.45, 7) is 0. The largest absolute Gasteiger partial charge is 0.478 e. The minimum absolute atomic E-state index is 0.00912. The van der Waals surface area contributed by atoms with Crippen molar-refractivity contribution < 1.29 is 14.6 Å². The highest BCUT2D eigenvalue weighted by atomic mass is 16.5. The fourth-order valence-corrected chi connectivity index (χ4v) is 1.25. The third-order valence-electron chi connectivity index (χ3n) is 1.90. The van der Waals surface area contributed by atoms with E-state index < -0.39 is 5.97 Å². The molecule has 0 saturated heterocycles. The first-order valence-electron chi connectivity index (χ1n) is 3.71. The van der Waals surface area contributed by atoms with E-state index >= 15 is 0 Å². The van der Waals surface area contributed by atoms with Crippen molar-refractivity contribution in [3.63, 3.8) is 0 Å². The smallest absolute Gasteiger partial charge is 0.331 e. The second-order valence-corrected chi connectivity index (χ2v) is 2.66. The number of aliphatic carboxylic acids is 1. The minimum atomic E-state index is -0.813. The second kappa shape index (κ2) is 3.53. The maximum absolute atomic E-state index is 10.5. The minimum Gasteiger partial charge on any atom is -0.478 e. The van der Waals surface area contributed by atoms with Crippen LogP contribution in [0.15, 0.2) is 11.6 Å². The highest BCUT2D eigenvalue weighted by molar-refractivity contribution is 5.86. The zero-order valence-electron chi connectivity index (χ0n) is 6.54. The molecule has 0 fully saturated rings. The molecule has 0 spiro atoms. The van der Waals surface area contributed by atoms with Gasteiger partial charge in [0.15, 0.2) is 0 Å². The van der Waals surface area contributed by atoms with Crippen molar-refractivity contribution in [3.8, 4) is 0 Å². The van der Waals surface area contributed by atoms with Gasteiger partial charge >= 0.3 is 5.97 Å². The van der Waals surface area contributed by atoms with Gasteiger partial charge in [0, 0.05) is 12.7 Å². The van der Waals surface area contributed by atoms with Crippen molar-refractivity contribution >= 4 is 5.97 Å². The molecule has 0 radical (unpaired) electrons. The van der Waals surface area contributed by atoms with E-state index in [0.29, 0.717) is 12.0 Å². The molecule has 0 saturated carbocycles. The Labute approximate surface area is 65.7 Å². The molecular weight excluding hydrogens is 144 g/mol. The van der Waals surface area contributed by atoms with E-state index in [2.05, 4.69) is 0 Å². The normalized spacial score (nSPS) is 24.5. The highest BCUT2D eigenvalue weighted by Crippen LogP contribution is 2.19. The molecule has 3 heteroatoms. The number of carbonyl (C=O) groups is 1. The lowest BCUT2D eigenvalue weighted by atomic mass is 9.98. The molecule has 0 aromatic rings. The van der Waals surface area contributed by atoms with E-state index in [9.17, 15) is 4.79 Å². The highest BCUT2D eigenvalue weighted by Gasteiger charge is 2.16. The summed E-state index contributed by atoms with van der Waals surface area (Å²) in [6.07, 6.45) is 4.24. The third-order valence-corrected chi connectivity index (χ3v) is 1.90. The predicted molar refractivity (Wildman–Crippen MR) is 40.4 cm³/mol. The molecule has 0 aliphatic heterocycles. The van der Waals surface area contributed by atoms with Crippen LogP contribution in [0.1, 0.15) is 19.3 Å².